The molecule has 5 nitrogen and oxygen atoms in total. The van der Waals surface area contributed by atoms with Gasteiger partial charge in [-0.1, -0.05) is 6.58 Å². The van der Waals surface area contributed by atoms with Gasteiger partial charge in [0.25, 0.3) is 0 Å². The molecule has 0 aromatic rings. The molecule has 5 heteroatoms. The standard InChI is InChI=1S/C8H15NO2.C4H11NO/c1-7(2)8(10)11-6-5-9(3)4;1-4(6)5(2)3/h1,5-6H2,2-4H3;4,6H,1-3H3. The number of nitrogens with zero attached hydrogens (tertiary/aromatic N) is 2. The van der Waals surface area contributed by atoms with E-state index in [0.29, 0.717) is 12.2 Å². The molecule has 0 amide bonds. The van der Waals surface area contributed by atoms with Crippen LogP contribution < -0.4 is 0 Å². The molecule has 17 heavy (non-hydrogen) atoms. The maximum atomic E-state index is 10.8. The largest absolute Gasteiger partial charge is 0.461 e. The average Bonchev–Trinajstić information content (AvgIpc) is 2.17. The first-order valence-corrected chi connectivity index (χ1v) is 5.50. The van der Waals surface area contributed by atoms with Crippen LogP contribution in [0.1, 0.15) is 13.8 Å². The lowest BCUT2D eigenvalue weighted by molar-refractivity contribution is -0.139. The topological polar surface area (TPSA) is 53.0 Å². The number of hydrogen-bond donors (Lipinski definition) is 1. The Morgan fingerprint density at radius 2 is 1.76 bits per heavy atom. The highest BCUT2D eigenvalue weighted by atomic mass is 16.5. The van der Waals surface area contributed by atoms with E-state index in [1.807, 2.05) is 33.1 Å². The van der Waals surface area contributed by atoms with Gasteiger partial charge in [-0.15, -0.1) is 0 Å². The first-order valence-electron chi connectivity index (χ1n) is 5.50. The van der Waals surface area contributed by atoms with Gasteiger partial charge in [-0.2, -0.15) is 0 Å². The zero-order valence-corrected chi connectivity index (χ0v) is 11.9. The predicted octanol–water partition coefficient (Wildman–Crippen LogP) is 0.554. The monoisotopic (exact) mass is 246 g/mol. The van der Waals surface area contributed by atoms with Crippen molar-refractivity contribution < 1.29 is 14.6 Å². The molecule has 0 aromatic heterocycles. The van der Waals surface area contributed by atoms with Crippen LogP contribution in [-0.4, -0.2) is 68.4 Å². The summed E-state index contributed by atoms with van der Waals surface area (Å²) in [5, 5.41) is 8.56. The highest BCUT2D eigenvalue weighted by Crippen LogP contribution is 1.91. The minimum Gasteiger partial charge on any atom is -0.461 e. The normalized spacial score (nSPS) is 11.8. The fraction of sp³-hybridized carbons (Fsp3) is 0.750. The van der Waals surface area contributed by atoms with Crippen molar-refractivity contribution in [3.63, 3.8) is 0 Å². The molecule has 0 aromatic carbocycles. The molecule has 1 atom stereocenters. The van der Waals surface area contributed by atoms with Crippen molar-refractivity contribution in [2.75, 3.05) is 41.3 Å². The number of aliphatic hydroxyl groups is 1. The number of rotatable bonds is 5. The van der Waals surface area contributed by atoms with Crippen LogP contribution in [0, 0.1) is 0 Å². The Bertz CT molecular complexity index is 220. The van der Waals surface area contributed by atoms with Crippen molar-refractivity contribution >= 4 is 5.97 Å². The molecule has 0 spiro atoms. The van der Waals surface area contributed by atoms with Gasteiger partial charge < -0.3 is 14.7 Å². The molecule has 102 valence electrons. The van der Waals surface area contributed by atoms with E-state index < -0.39 is 0 Å². The molecule has 0 aliphatic heterocycles. The van der Waals surface area contributed by atoms with Gasteiger partial charge >= 0.3 is 5.97 Å². The third kappa shape index (κ3) is 15.1. The van der Waals surface area contributed by atoms with Gasteiger partial charge in [0, 0.05) is 12.1 Å². The van der Waals surface area contributed by atoms with Crippen molar-refractivity contribution in [2.24, 2.45) is 0 Å². The molecule has 1 unspecified atom stereocenters. The van der Waals surface area contributed by atoms with Crippen LogP contribution in [-0.2, 0) is 9.53 Å². The van der Waals surface area contributed by atoms with Crippen molar-refractivity contribution in [1.29, 1.82) is 0 Å². The van der Waals surface area contributed by atoms with Crippen molar-refractivity contribution in [3.05, 3.63) is 12.2 Å². The summed E-state index contributed by atoms with van der Waals surface area (Å²) in [7, 11) is 7.50. The second-order valence-electron chi connectivity index (χ2n) is 4.32. The molecular formula is C12H26N2O3. The minimum atomic E-state index is -0.315. The molecule has 0 saturated heterocycles. The van der Waals surface area contributed by atoms with Gasteiger partial charge in [-0.25, -0.2) is 4.79 Å². The fourth-order valence-electron chi connectivity index (χ4n) is 0.444. The van der Waals surface area contributed by atoms with Crippen LogP contribution in [0.2, 0.25) is 0 Å². The number of hydrogen-bond acceptors (Lipinski definition) is 5. The summed E-state index contributed by atoms with van der Waals surface area (Å²) < 4.78 is 4.83. The lowest BCUT2D eigenvalue weighted by Crippen LogP contribution is -2.23. The van der Waals surface area contributed by atoms with Crippen LogP contribution in [0.15, 0.2) is 12.2 Å². The smallest absolute Gasteiger partial charge is 0.333 e. The highest BCUT2D eigenvalue weighted by Gasteiger charge is 2.01. The summed E-state index contributed by atoms with van der Waals surface area (Å²) in [6, 6.07) is 0. The summed E-state index contributed by atoms with van der Waals surface area (Å²) in [4.78, 5) is 14.5. The van der Waals surface area contributed by atoms with E-state index in [1.165, 1.54) is 0 Å². The van der Waals surface area contributed by atoms with E-state index in [4.69, 9.17) is 9.84 Å². The van der Waals surface area contributed by atoms with Gasteiger partial charge in [-0.3, -0.25) is 4.90 Å². The van der Waals surface area contributed by atoms with E-state index in [-0.39, 0.29) is 12.2 Å². The van der Waals surface area contributed by atoms with Crippen LogP contribution in [0.5, 0.6) is 0 Å². The van der Waals surface area contributed by atoms with Gasteiger partial charge in [0.1, 0.15) is 12.8 Å². The van der Waals surface area contributed by atoms with E-state index in [1.54, 1.807) is 18.7 Å². The molecule has 0 radical (unpaired) electrons. The molecule has 0 aliphatic rings. The summed E-state index contributed by atoms with van der Waals surface area (Å²) >= 11 is 0. The maximum Gasteiger partial charge on any atom is 0.333 e. The Labute approximate surface area is 105 Å². The number of aliphatic hydroxyl groups excluding tert-OH is 1. The van der Waals surface area contributed by atoms with Crippen molar-refractivity contribution in [1.82, 2.24) is 9.80 Å². The number of carbonyl (C=O) groups excluding carboxylic acids is 1. The van der Waals surface area contributed by atoms with E-state index >= 15 is 0 Å². The first-order chi connectivity index (χ1) is 7.68. The Balaban J connectivity index is 0. The number of ether oxygens (including phenoxy) is 1. The van der Waals surface area contributed by atoms with Crippen LogP contribution in [0.4, 0.5) is 0 Å². The maximum absolute atomic E-state index is 10.8. The quantitative estimate of drug-likeness (QED) is 0.436. The SMILES string of the molecule is C=C(C)C(=O)OCCN(C)C.CC(O)N(C)C. The third-order valence-corrected chi connectivity index (χ3v) is 1.87. The Hall–Kier alpha value is -0.910. The van der Waals surface area contributed by atoms with Crippen molar-refractivity contribution in [2.45, 2.75) is 20.1 Å². The highest BCUT2D eigenvalue weighted by molar-refractivity contribution is 5.86. The second-order valence-corrected chi connectivity index (χ2v) is 4.32. The lowest BCUT2D eigenvalue weighted by atomic mass is 10.4. The molecule has 0 bridgehead atoms. The molecule has 0 fully saturated rings. The summed E-state index contributed by atoms with van der Waals surface area (Å²) in [6.07, 6.45) is -0.315. The zero-order valence-electron chi connectivity index (χ0n) is 11.9. The molecule has 0 aliphatic carbocycles. The molecule has 0 heterocycles. The molecule has 0 rings (SSSR count). The lowest BCUT2D eigenvalue weighted by Gasteiger charge is -2.11. The van der Waals surface area contributed by atoms with Crippen LogP contribution in [0.3, 0.4) is 0 Å². The van der Waals surface area contributed by atoms with Gasteiger partial charge in [0.05, 0.1) is 0 Å². The van der Waals surface area contributed by atoms with E-state index in [9.17, 15) is 4.79 Å². The number of carbonyl (C=O) groups is 1. The Morgan fingerprint density at radius 3 is 2.00 bits per heavy atom. The second kappa shape index (κ2) is 10.3. The van der Waals surface area contributed by atoms with Crippen LogP contribution >= 0.6 is 0 Å². The predicted molar refractivity (Wildman–Crippen MR) is 69.7 cm³/mol. The first kappa shape index (κ1) is 18.5. The molecular weight excluding hydrogens is 220 g/mol. The fourth-order valence-corrected chi connectivity index (χ4v) is 0.444. The van der Waals surface area contributed by atoms with Gasteiger partial charge in [-0.05, 0) is 42.0 Å². The number of esters is 1. The van der Waals surface area contributed by atoms with Crippen LogP contribution in [0.25, 0.3) is 0 Å². The minimum absolute atomic E-state index is 0.313. The zero-order chi connectivity index (χ0) is 14.0. The van der Waals surface area contributed by atoms with Crippen molar-refractivity contribution in [3.8, 4) is 0 Å². The Morgan fingerprint density at radius 1 is 1.35 bits per heavy atom. The average molecular weight is 246 g/mol. The van der Waals surface area contributed by atoms with E-state index in [2.05, 4.69) is 6.58 Å². The summed E-state index contributed by atoms with van der Waals surface area (Å²) in [6.45, 7) is 8.00. The molecule has 0 saturated carbocycles. The van der Waals surface area contributed by atoms with E-state index in [0.717, 1.165) is 6.54 Å². The molecule has 1 N–H and O–H groups in total. The summed E-state index contributed by atoms with van der Waals surface area (Å²) in [5.41, 5.74) is 0.448. The number of likely N-dealkylation sites (N-methyl/N-ethyl adjacent to an activating group) is 1. The third-order valence-electron chi connectivity index (χ3n) is 1.87. The van der Waals surface area contributed by atoms with Gasteiger partial charge in [0.15, 0.2) is 0 Å². The summed E-state index contributed by atoms with van der Waals surface area (Å²) in [5.74, 6) is -0.313. The Kier molecular flexibility index (Phi) is 11.1. The van der Waals surface area contributed by atoms with Gasteiger partial charge in [0.2, 0.25) is 0 Å².